The summed E-state index contributed by atoms with van der Waals surface area (Å²) in [6, 6.07) is -1.46. The van der Waals surface area contributed by atoms with Gasteiger partial charge in [-0.15, -0.1) is 0 Å². The van der Waals surface area contributed by atoms with Gasteiger partial charge in [-0.25, -0.2) is 0 Å². The van der Waals surface area contributed by atoms with Crippen LogP contribution in [0.25, 0.3) is 0 Å². The molecule has 3 atom stereocenters. The van der Waals surface area contributed by atoms with Gasteiger partial charge in [-0.3, -0.25) is 9.59 Å². The Morgan fingerprint density at radius 2 is 2.29 bits per heavy atom. The Labute approximate surface area is 101 Å². The van der Waals surface area contributed by atoms with E-state index in [2.05, 4.69) is 5.32 Å². The monoisotopic (exact) mass is 244 g/mol. The van der Waals surface area contributed by atoms with E-state index in [0.717, 1.165) is 12.8 Å². The molecule has 1 aliphatic heterocycles. The van der Waals surface area contributed by atoms with Crippen molar-refractivity contribution in [1.29, 1.82) is 0 Å². The molecule has 1 unspecified atom stereocenters. The molecule has 1 rings (SSSR count). The molecule has 17 heavy (non-hydrogen) atoms. The highest BCUT2D eigenvalue weighted by Crippen LogP contribution is 2.13. The third-order valence-electron chi connectivity index (χ3n) is 2.87. The number of ether oxygens (including phenoxy) is 1. The Bertz CT molecular complexity index is 283. The number of carboxylic acid groups (broad SMARTS) is 1. The van der Waals surface area contributed by atoms with Gasteiger partial charge >= 0.3 is 11.9 Å². The number of rotatable bonds is 6. The topological polar surface area (TPSA) is 102 Å². The third kappa shape index (κ3) is 3.98. The molecule has 0 spiro atoms. The second-order valence-corrected chi connectivity index (χ2v) is 4.28. The maximum absolute atomic E-state index is 11.6. The highest BCUT2D eigenvalue weighted by Gasteiger charge is 2.36. The number of carbonyl (C=O) groups is 2. The third-order valence-corrected chi connectivity index (χ3v) is 2.87. The number of nitrogens with two attached hydrogens (primary N) is 1. The van der Waals surface area contributed by atoms with Gasteiger partial charge in [0.25, 0.3) is 0 Å². The van der Waals surface area contributed by atoms with Gasteiger partial charge in [0.2, 0.25) is 0 Å². The lowest BCUT2D eigenvalue weighted by Gasteiger charge is -2.18. The van der Waals surface area contributed by atoms with Crippen LogP contribution in [0.3, 0.4) is 0 Å². The van der Waals surface area contributed by atoms with Crippen LogP contribution in [-0.4, -0.2) is 41.8 Å². The molecule has 0 aromatic carbocycles. The quantitative estimate of drug-likeness (QED) is 0.562. The van der Waals surface area contributed by atoms with Crippen LogP contribution in [0.5, 0.6) is 0 Å². The Kier molecular flexibility index (Phi) is 5.37. The average Bonchev–Trinajstić information content (AvgIpc) is 2.73. The van der Waals surface area contributed by atoms with Crippen LogP contribution >= 0.6 is 0 Å². The van der Waals surface area contributed by atoms with E-state index in [1.165, 1.54) is 0 Å². The molecule has 1 saturated heterocycles. The van der Waals surface area contributed by atoms with Crippen molar-refractivity contribution in [1.82, 2.24) is 5.32 Å². The molecule has 1 aliphatic rings. The first-order valence-electron chi connectivity index (χ1n) is 5.98. The molecule has 4 N–H and O–H groups in total. The van der Waals surface area contributed by atoms with Crippen molar-refractivity contribution < 1.29 is 19.4 Å². The van der Waals surface area contributed by atoms with Gasteiger partial charge in [0.1, 0.15) is 18.2 Å². The first kappa shape index (κ1) is 13.9. The Morgan fingerprint density at radius 3 is 2.88 bits per heavy atom. The number of carbonyl (C=O) groups excluding carboxylic acids is 1. The molecule has 6 nitrogen and oxygen atoms in total. The molecule has 0 amide bonds. The van der Waals surface area contributed by atoms with Gasteiger partial charge < -0.3 is 20.9 Å². The summed E-state index contributed by atoms with van der Waals surface area (Å²) in [7, 11) is 0. The standard InChI is InChI=1S/C11H20N2O4/c1-2-3-4-7(12)11(16)17-8-5-6-13-9(8)10(14)15/h7-9,13H,2-6,12H2,1H3,(H,14,15)/t7-,8?,9+/m1/s1. The van der Waals surface area contributed by atoms with E-state index in [9.17, 15) is 9.59 Å². The van der Waals surface area contributed by atoms with Gasteiger partial charge in [0.05, 0.1) is 0 Å². The van der Waals surface area contributed by atoms with E-state index >= 15 is 0 Å². The lowest BCUT2D eigenvalue weighted by molar-refractivity contribution is -0.155. The molecule has 0 bridgehead atoms. The molecule has 1 fully saturated rings. The number of hydrogen-bond donors (Lipinski definition) is 3. The van der Waals surface area contributed by atoms with Gasteiger partial charge in [-0.2, -0.15) is 0 Å². The Balaban J connectivity index is 2.42. The summed E-state index contributed by atoms with van der Waals surface area (Å²) in [4.78, 5) is 22.5. The summed E-state index contributed by atoms with van der Waals surface area (Å²) in [5.41, 5.74) is 5.66. The van der Waals surface area contributed by atoms with Crippen molar-refractivity contribution >= 4 is 11.9 Å². The fourth-order valence-corrected chi connectivity index (χ4v) is 1.83. The SMILES string of the molecule is CCCC[C@@H](N)C(=O)OC1CCN[C@@H]1C(=O)O. The molecular formula is C11H20N2O4. The maximum Gasteiger partial charge on any atom is 0.324 e. The average molecular weight is 244 g/mol. The van der Waals surface area contributed by atoms with E-state index in [4.69, 9.17) is 15.6 Å². The summed E-state index contributed by atoms with van der Waals surface area (Å²) in [6.07, 6.45) is 2.31. The van der Waals surface area contributed by atoms with Crippen LogP contribution in [0.15, 0.2) is 0 Å². The fraction of sp³-hybridized carbons (Fsp3) is 0.818. The summed E-state index contributed by atoms with van der Waals surface area (Å²) < 4.78 is 5.14. The minimum absolute atomic E-state index is 0.501. The van der Waals surface area contributed by atoms with Crippen LogP contribution < -0.4 is 11.1 Å². The van der Waals surface area contributed by atoms with Crippen LogP contribution in [0, 0.1) is 0 Å². The van der Waals surface area contributed by atoms with Gasteiger partial charge in [-0.05, 0) is 19.4 Å². The molecule has 1 heterocycles. The van der Waals surface area contributed by atoms with Crippen molar-refractivity contribution in [2.75, 3.05) is 6.54 Å². The van der Waals surface area contributed by atoms with E-state index in [0.29, 0.717) is 19.4 Å². The maximum atomic E-state index is 11.6. The van der Waals surface area contributed by atoms with Gasteiger partial charge in [0.15, 0.2) is 0 Å². The molecule has 6 heteroatoms. The Morgan fingerprint density at radius 1 is 1.59 bits per heavy atom. The van der Waals surface area contributed by atoms with E-state index in [1.54, 1.807) is 0 Å². The smallest absolute Gasteiger partial charge is 0.324 e. The van der Waals surface area contributed by atoms with Gasteiger partial charge in [0, 0.05) is 0 Å². The fourth-order valence-electron chi connectivity index (χ4n) is 1.83. The minimum atomic E-state index is -0.998. The zero-order chi connectivity index (χ0) is 12.8. The van der Waals surface area contributed by atoms with Crippen LogP contribution in [0.1, 0.15) is 32.6 Å². The number of hydrogen-bond acceptors (Lipinski definition) is 5. The predicted molar refractivity (Wildman–Crippen MR) is 61.4 cm³/mol. The molecule has 0 radical (unpaired) electrons. The zero-order valence-electron chi connectivity index (χ0n) is 10.0. The molecule has 0 saturated carbocycles. The van der Waals surface area contributed by atoms with Crippen LogP contribution in [-0.2, 0) is 14.3 Å². The van der Waals surface area contributed by atoms with Crippen LogP contribution in [0.2, 0.25) is 0 Å². The molecule has 0 aromatic heterocycles. The van der Waals surface area contributed by atoms with Crippen LogP contribution in [0.4, 0.5) is 0 Å². The Hall–Kier alpha value is -1.14. The molecular weight excluding hydrogens is 224 g/mol. The predicted octanol–water partition coefficient (Wildman–Crippen LogP) is -0.138. The lowest BCUT2D eigenvalue weighted by atomic mass is 10.1. The summed E-state index contributed by atoms with van der Waals surface area (Å²) in [5.74, 6) is -1.50. The first-order chi connectivity index (χ1) is 8.06. The molecule has 0 aliphatic carbocycles. The second kappa shape index (κ2) is 6.56. The number of nitrogens with one attached hydrogen (secondary N) is 1. The van der Waals surface area contributed by atoms with E-state index in [-0.39, 0.29) is 0 Å². The summed E-state index contributed by atoms with van der Waals surface area (Å²) in [5, 5.41) is 11.7. The summed E-state index contributed by atoms with van der Waals surface area (Å²) in [6.45, 7) is 2.55. The first-order valence-corrected chi connectivity index (χ1v) is 5.98. The summed E-state index contributed by atoms with van der Waals surface area (Å²) >= 11 is 0. The number of unbranched alkanes of at least 4 members (excludes halogenated alkanes) is 1. The van der Waals surface area contributed by atoms with Gasteiger partial charge in [-0.1, -0.05) is 19.8 Å². The number of aliphatic carboxylic acids is 1. The minimum Gasteiger partial charge on any atom is -0.480 e. The number of carboxylic acids is 1. The highest BCUT2D eigenvalue weighted by molar-refractivity contribution is 5.78. The van der Waals surface area contributed by atoms with Crippen molar-refractivity contribution in [2.45, 2.75) is 50.8 Å². The van der Waals surface area contributed by atoms with E-state index in [1.807, 2.05) is 6.92 Å². The largest absolute Gasteiger partial charge is 0.480 e. The highest BCUT2D eigenvalue weighted by atomic mass is 16.5. The lowest BCUT2D eigenvalue weighted by Crippen LogP contribution is -2.43. The van der Waals surface area contributed by atoms with Crippen molar-refractivity contribution in [3.63, 3.8) is 0 Å². The molecule has 0 aromatic rings. The van der Waals surface area contributed by atoms with Crippen molar-refractivity contribution in [3.05, 3.63) is 0 Å². The number of esters is 1. The normalized spacial score (nSPS) is 25.5. The second-order valence-electron chi connectivity index (χ2n) is 4.28. The van der Waals surface area contributed by atoms with E-state index < -0.39 is 30.1 Å². The zero-order valence-corrected chi connectivity index (χ0v) is 10.0. The van der Waals surface area contributed by atoms with Crippen molar-refractivity contribution in [3.8, 4) is 0 Å². The van der Waals surface area contributed by atoms with Crippen molar-refractivity contribution in [2.24, 2.45) is 5.73 Å². The molecule has 98 valence electrons.